The van der Waals surface area contributed by atoms with Gasteiger partial charge in [-0.15, -0.1) is 0 Å². The van der Waals surface area contributed by atoms with Gasteiger partial charge in [-0.05, 0) is 43.7 Å². The molecular formula is C23H29NO6. The fourth-order valence-corrected chi connectivity index (χ4v) is 4.22. The summed E-state index contributed by atoms with van der Waals surface area (Å²) in [6.45, 7) is 0.637. The van der Waals surface area contributed by atoms with Gasteiger partial charge in [-0.25, -0.2) is 0 Å². The number of benzene rings is 2. The molecule has 0 amide bonds. The van der Waals surface area contributed by atoms with E-state index in [1.54, 1.807) is 28.4 Å². The van der Waals surface area contributed by atoms with Crippen molar-refractivity contribution in [1.82, 2.24) is 4.90 Å². The molecular weight excluding hydrogens is 386 g/mol. The zero-order valence-electron chi connectivity index (χ0n) is 17.9. The predicted molar refractivity (Wildman–Crippen MR) is 113 cm³/mol. The van der Waals surface area contributed by atoms with Crippen LogP contribution >= 0.6 is 0 Å². The number of likely N-dealkylation sites (tertiary alicyclic amines) is 1. The fourth-order valence-electron chi connectivity index (χ4n) is 4.22. The molecule has 0 saturated carbocycles. The van der Waals surface area contributed by atoms with Crippen molar-refractivity contribution >= 4 is 5.97 Å². The second-order valence-corrected chi connectivity index (χ2v) is 7.17. The van der Waals surface area contributed by atoms with Gasteiger partial charge in [0.1, 0.15) is 29.0 Å². The van der Waals surface area contributed by atoms with Gasteiger partial charge in [0.15, 0.2) is 0 Å². The van der Waals surface area contributed by atoms with Gasteiger partial charge in [-0.1, -0.05) is 12.5 Å². The lowest BCUT2D eigenvalue weighted by molar-refractivity contribution is -0.145. The summed E-state index contributed by atoms with van der Waals surface area (Å²) >= 11 is 0. The van der Waals surface area contributed by atoms with E-state index in [1.807, 2.05) is 41.3 Å². The van der Waals surface area contributed by atoms with E-state index in [2.05, 4.69) is 0 Å². The molecule has 1 aliphatic rings. The van der Waals surface area contributed by atoms with Crippen molar-refractivity contribution in [2.75, 3.05) is 35.0 Å². The minimum atomic E-state index is -0.832. The second kappa shape index (κ2) is 9.71. The van der Waals surface area contributed by atoms with Crippen LogP contribution in [0.1, 0.15) is 36.4 Å². The molecule has 0 aliphatic carbocycles. The SMILES string of the molecule is COc1ccc(C(c2c(OC)cccc2OC)N2CCCCC2C(=O)O)c(OC)c1. The van der Waals surface area contributed by atoms with Gasteiger partial charge in [0.2, 0.25) is 0 Å². The average molecular weight is 415 g/mol. The van der Waals surface area contributed by atoms with Gasteiger partial charge >= 0.3 is 5.97 Å². The molecule has 0 spiro atoms. The highest BCUT2D eigenvalue weighted by atomic mass is 16.5. The molecule has 0 bridgehead atoms. The van der Waals surface area contributed by atoms with E-state index in [-0.39, 0.29) is 0 Å². The Bertz CT molecular complexity index is 862. The number of aliphatic carboxylic acids is 1. The predicted octanol–water partition coefficient (Wildman–Crippen LogP) is 3.75. The molecule has 1 aliphatic heterocycles. The van der Waals surface area contributed by atoms with Crippen molar-refractivity contribution in [2.45, 2.75) is 31.3 Å². The molecule has 0 aromatic heterocycles. The number of methoxy groups -OCH3 is 4. The molecule has 7 heteroatoms. The van der Waals surface area contributed by atoms with Crippen molar-refractivity contribution < 1.29 is 28.8 Å². The van der Waals surface area contributed by atoms with Crippen LogP contribution < -0.4 is 18.9 Å². The lowest BCUT2D eigenvalue weighted by Gasteiger charge is -2.40. The molecule has 1 fully saturated rings. The highest BCUT2D eigenvalue weighted by Gasteiger charge is 2.39. The number of hydrogen-bond donors (Lipinski definition) is 1. The van der Waals surface area contributed by atoms with Crippen molar-refractivity contribution in [3.8, 4) is 23.0 Å². The summed E-state index contributed by atoms with van der Waals surface area (Å²) in [5, 5.41) is 9.96. The minimum Gasteiger partial charge on any atom is -0.497 e. The topological polar surface area (TPSA) is 77.5 Å². The third-order valence-electron chi connectivity index (χ3n) is 5.64. The number of piperidine rings is 1. The maximum Gasteiger partial charge on any atom is 0.320 e. The number of ether oxygens (including phenoxy) is 4. The molecule has 162 valence electrons. The van der Waals surface area contributed by atoms with E-state index in [0.29, 0.717) is 36.0 Å². The summed E-state index contributed by atoms with van der Waals surface area (Å²) < 4.78 is 22.4. The van der Waals surface area contributed by atoms with Crippen LogP contribution in [0.5, 0.6) is 23.0 Å². The summed E-state index contributed by atoms with van der Waals surface area (Å²) in [6, 6.07) is 10.1. The number of carboxylic acid groups (broad SMARTS) is 1. The Morgan fingerprint density at radius 2 is 1.63 bits per heavy atom. The Kier molecular flexibility index (Phi) is 7.05. The molecule has 1 N–H and O–H groups in total. The first-order valence-electron chi connectivity index (χ1n) is 9.97. The van der Waals surface area contributed by atoms with Gasteiger partial charge in [0, 0.05) is 11.6 Å². The van der Waals surface area contributed by atoms with E-state index in [9.17, 15) is 9.90 Å². The zero-order chi connectivity index (χ0) is 21.7. The van der Waals surface area contributed by atoms with Crippen LogP contribution in [-0.4, -0.2) is 57.0 Å². The molecule has 1 saturated heterocycles. The van der Waals surface area contributed by atoms with Crippen LogP contribution in [0.2, 0.25) is 0 Å². The first-order chi connectivity index (χ1) is 14.5. The van der Waals surface area contributed by atoms with Gasteiger partial charge in [-0.3, -0.25) is 9.69 Å². The molecule has 2 atom stereocenters. The van der Waals surface area contributed by atoms with E-state index < -0.39 is 18.1 Å². The van der Waals surface area contributed by atoms with Gasteiger partial charge in [0.25, 0.3) is 0 Å². The van der Waals surface area contributed by atoms with Crippen molar-refractivity contribution in [3.63, 3.8) is 0 Å². The first-order valence-corrected chi connectivity index (χ1v) is 9.97. The Balaban J connectivity index is 2.27. The van der Waals surface area contributed by atoms with Crippen LogP contribution in [0.4, 0.5) is 0 Å². The van der Waals surface area contributed by atoms with Gasteiger partial charge in [0.05, 0.1) is 40.0 Å². The molecule has 2 aromatic rings. The molecule has 7 nitrogen and oxygen atoms in total. The van der Waals surface area contributed by atoms with E-state index in [1.165, 1.54) is 0 Å². The Hall–Kier alpha value is -2.93. The summed E-state index contributed by atoms with van der Waals surface area (Å²) in [5.41, 5.74) is 1.60. The molecule has 2 unspecified atom stereocenters. The number of rotatable bonds is 8. The first kappa shape index (κ1) is 21.8. The fraction of sp³-hybridized carbons (Fsp3) is 0.435. The maximum atomic E-state index is 12.1. The van der Waals surface area contributed by atoms with Crippen LogP contribution in [0.3, 0.4) is 0 Å². The second-order valence-electron chi connectivity index (χ2n) is 7.17. The maximum absolute atomic E-state index is 12.1. The van der Waals surface area contributed by atoms with E-state index >= 15 is 0 Å². The molecule has 30 heavy (non-hydrogen) atoms. The minimum absolute atomic E-state index is 0.432. The summed E-state index contributed by atoms with van der Waals surface area (Å²) in [6.07, 6.45) is 2.38. The van der Waals surface area contributed by atoms with Crippen molar-refractivity contribution in [2.24, 2.45) is 0 Å². The molecule has 0 radical (unpaired) electrons. The third-order valence-corrected chi connectivity index (χ3v) is 5.64. The molecule has 2 aromatic carbocycles. The Labute approximate surface area is 177 Å². The van der Waals surface area contributed by atoms with Crippen LogP contribution in [0, 0.1) is 0 Å². The number of nitrogens with zero attached hydrogens (tertiary/aromatic N) is 1. The standard InChI is InChI=1S/C23H29NO6/c1-27-15-11-12-16(20(14-15)30-4)22(24-13-6-5-8-17(24)23(25)26)21-18(28-2)9-7-10-19(21)29-3/h7,9-12,14,17,22H,5-6,8,13H2,1-4H3,(H,25,26). The van der Waals surface area contributed by atoms with Crippen LogP contribution in [0.25, 0.3) is 0 Å². The van der Waals surface area contributed by atoms with Crippen LogP contribution in [-0.2, 0) is 4.79 Å². The normalized spacial score (nSPS) is 17.8. The van der Waals surface area contributed by atoms with E-state index in [0.717, 1.165) is 24.0 Å². The highest BCUT2D eigenvalue weighted by molar-refractivity contribution is 5.74. The summed E-state index contributed by atoms with van der Waals surface area (Å²) in [5.74, 6) is 1.71. The third kappa shape index (κ3) is 4.16. The van der Waals surface area contributed by atoms with Crippen molar-refractivity contribution in [1.29, 1.82) is 0 Å². The van der Waals surface area contributed by atoms with E-state index in [4.69, 9.17) is 18.9 Å². The Morgan fingerprint density at radius 3 is 2.20 bits per heavy atom. The smallest absolute Gasteiger partial charge is 0.320 e. The number of hydrogen-bond acceptors (Lipinski definition) is 6. The highest BCUT2D eigenvalue weighted by Crippen LogP contribution is 2.46. The summed E-state index contributed by atoms with van der Waals surface area (Å²) in [4.78, 5) is 14.2. The Morgan fingerprint density at radius 1 is 0.967 bits per heavy atom. The quantitative estimate of drug-likeness (QED) is 0.704. The largest absolute Gasteiger partial charge is 0.497 e. The number of carboxylic acids is 1. The molecule has 3 rings (SSSR count). The summed E-state index contributed by atoms with van der Waals surface area (Å²) in [7, 11) is 6.40. The van der Waals surface area contributed by atoms with Crippen LogP contribution in [0.15, 0.2) is 36.4 Å². The lowest BCUT2D eigenvalue weighted by Crippen LogP contribution is -2.47. The number of carbonyl (C=O) groups is 1. The monoisotopic (exact) mass is 415 g/mol. The molecule has 1 heterocycles. The lowest BCUT2D eigenvalue weighted by atomic mass is 9.90. The zero-order valence-corrected chi connectivity index (χ0v) is 17.9. The van der Waals surface area contributed by atoms with Gasteiger partial charge < -0.3 is 24.1 Å². The average Bonchev–Trinajstić information content (AvgIpc) is 2.79. The van der Waals surface area contributed by atoms with Gasteiger partial charge in [-0.2, -0.15) is 0 Å². The van der Waals surface area contributed by atoms with Crippen molar-refractivity contribution in [3.05, 3.63) is 47.5 Å².